The summed E-state index contributed by atoms with van der Waals surface area (Å²) < 4.78 is 5.12. The van der Waals surface area contributed by atoms with Crippen LogP contribution in [0.1, 0.15) is 16.7 Å². The molecule has 0 aliphatic rings. The fourth-order valence-electron chi connectivity index (χ4n) is 1.96. The van der Waals surface area contributed by atoms with Crippen molar-refractivity contribution in [2.75, 3.05) is 7.11 Å². The van der Waals surface area contributed by atoms with E-state index in [1.54, 1.807) is 19.2 Å². The van der Waals surface area contributed by atoms with E-state index in [0.29, 0.717) is 12.4 Å². The van der Waals surface area contributed by atoms with E-state index in [4.69, 9.17) is 4.74 Å². The van der Waals surface area contributed by atoms with Crippen LogP contribution in [0.3, 0.4) is 0 Å². The Morgan fingerprint density at radius 2 is 1.63 bits per heavy atom. The zero-order valence-electron chi connectivity index (χ0n) is 11.1. The fourth-order valence-corrected chi connectivity index (χ4v) is 1.96. The van der Waals surface area contributed by atoms with Crippen LogP contribution >= 0.6 is 0 Å². The number of hydrogen-bond donors (Lipinski definition) is 2. The molecular formula is C16H19NO2. The molecule has 100 valence electrons. The number of benzene rings is 2. The van der Waals surface area contributed by atoms with Crippen LogP contribution in [0.25, 0.3) is 0 Å². The molecule has 0 bridgehead atoms. The summed E-state index contributed by atoms with van der Waals surface area (Å²) in [6.45, 7) is 2.25. The van der Waals surface area contributed by atoms with E-state index >= 15 is 0 Å². The minimum Gasteiger partial charge on any atom is -0.508 e. The van der Waals surface area contributed by atoms with Crippen molar-refractivity contribution >= 4 is 0 Å². The highest BCUT2D eigenvalue weighted by Gasteiger charge is 1.97. The standard InChI is InChI=1S/C16H19NO2/c1-19-12-15-4-2-3-14(9-15)11-17-10-13-5-7-16(18)8-6-13/h2-9,17-18H,10-12H2,1H3. The molecule has 0 amide bonds. The van der Waals surface area contributed by atoms with Crippen LogP contribution in [-0.2, 0) is 24.4 Å². The fraction of sp³-hybridized carbons (Fsp3) is 0.250. The molecule has 0 saturated carbocycles. The van der Waals surface area contributed by atoms with Crippen LogP contribution in [0.2, 0.25) is 0 Å². The van der Waals surface area contributed by atoms with Gasteiger partial charge in [0, 0.05) is 20.2 Å². The van der Waals surface area contributed by atoms with E-state index < -0.39 is 0 Å². The van der Waals surface area contributed by atoms with E-state index in [9.17, 15) is 5.11 Å². The summed E-state index contributed by atoms with van der Waals surface area (Å²) in [6.07, 6.45) is 0. The molecule has 0 fully saturated rings. The van der Waals surface area contributed by atoms with Gasteiger partial charge >= 0.3 is 0 Å². The van der Waals surface area contributed by atoms with Crippen molar-refractivity contribution in [1.82, 2.24) is 5.32 Å². The van der Waals surface area contributed by atoms with Gasteiger partial charge in [0.1, 0.15) is 5.75 Å². The summed E-state index contributed by atoms with van der Waals surface area (Å²) in [5, 5.41) is 12.6. The Bertz CT molecular complexity index is 508. The molecule has 0 unspecified atom stereocenters. The number of phenols is 1. The van der Waals surface area contributed by atoms with Crippen LogP contribution in [0, 0.1) is 0 Å². The summed E-state index contributed by atoms with van der Waals surface area (Å²) in [4.78, 5) is 0. The van der Waals surface area contributed by atoms with E-state index in [1.807, 2.05) is 18.2 Å². The molecule has 0 aromatic heterocycles. The Labute approximate surface area is 113 Å². The highest BCUT2D eigenvalue weighted by molar-refractivity contribution is 5.26. The van der Waals surface area contributed by atoms with Gasteiger partial charge in [0.25, 0.3) is 0 Å². The molecule has 2 aromatic carbocycles. The third-order valence-electron chi connectivity index (χ3n) is 2.90. The van der Waals surface area contributed by atoms with Crippen molar-refractivity contribution in [1.29, 1.82) is 0 Å². The number of ether oxygens (including phenoxy) is 1. The maximum Gasteiger partial charge on any atom is 0.115 e. The molecule has 3 heteroatoms. The second-order valence-corrected chi connectivity index (χ2v) is 4.52. The van der Waals surface area contributed by atoms with Gasteiger partial charge < -0.3 is 15.2 Å². The Balaban J connectivity index is 1.85. The molecule has 2 rings (SSSR count). The maximum atomic E-state index is 9.21. The highest BCUT2D eigenvalue weighted by atomic mass is 16.5. The molecule has 2 aromatic rings. The molecule has 3 nitrogen and oxygen atoms in total. The zero-order chi connectivity index (χ0) is 13.5. The lowest BCUT2D eigenvalue weighted by atomic mass is 10.1. The molecule has 0 heterocycles. The van der Waals surface area contributed by atoms with Gasteiger partial charge in [-0.15, -0.1) is 0 Å². The van der Waals surface area contributed by atoms with Crippen LogP contribution in [-0.4, -0.2) is 12.2 Å². The Kier molecular flexibility index (Phi) is 4.95. The lowest BCUT2D eigenvalue weighted by Gasteiger charge is -2.07. The van der Waals surface area contributed by atoms with Crippen LogP contribution in [0.4, 0.5) is 0 Å². The van der Waals surface area contributed by atoms with Crippen LogP contribution < -0.4 is 5.32 Å². The van der Waals surface area contributed by atoms with Crippen LogP contribution in [0.15, 0.2) is 48.5 Å². The van der Waals surface area contributed by atoms with E-state index in [0.717, 1.165) is 18.7 Å². The number of methoxy groups -OCH3 is 1. The quantitative estimate of drug-likeness (QED) is 0.836. The summed E-state index contributed by atoms with van der Waals surface area (Å²) in [6, 6.07) is 15.6. The monoisotopic (exact) mass is 257 g/mol. The summed E-state index contributed by atoms with van der Waals surface area (Å²) in [7, 11) is 1.70. The SMILES string of the molecule is COCc1cccc(CNCc2ccc(O)cc2)c1. The van der Waals surface area contributed by atoms with Crippen molar-refractivity contribution in [3.05, 3.63) is 65.2 Å². The summed E-state index contributed by atoms with van der Waals surface area (Å²) in [5.74, 6) is 0.302. The number of nitrogens with one attached hydrogen (secondary N) is 1. The first kappa shape index (κ1) is 13.6. The second kappa shape index (κ2) is 6.92. The summed E-state index contributed by atoms with van der Waals surface area (Å²) in [5.41, 5.74) is 3.59. The number of aromatic hydroxyl groups is 1. The van der Waals surface area contributed by atoms with Gasteiger partial charge in [0.15, 0.2) is 0 Å². The normalized spacial score (nSPS) is 10.6. The highest BCUT2D eigenvalue weighted by Crippen LogP contribution is 2.10. The topological polar surface area (TPSA) is 41.5 Å². The number of phenolic OH excluding ortho intramolecular Hbond substituents is 1. The molecule has 0 aliphatic heterocycles. The predicted octanol–water partition coefficient (Wildman–Crippen LogP) is 2.83. The lowest BCUT2D eigenvalue weighted by Crippen LogP contribution is -2.12. The van der Waals surface area contributed by atoms with Crippen molar-refractivity contribution < 1.29 is 9.84 Å². The van der Waals surface area contributed by atoms with Gasteiger partial charge in [0.2, 0.25) is 0 Å². The van der Waals surface area contributed by atoms with Gasteiger partial charge in [-0.25, -0.2) is 0 Å². The molecular weight excluding hydrogens is 238 g/mol. The minimum atomic E-state index is 0.302. The van der Waals surface area contributed by atoms with E-state index in [2.05, 4.69) is 23.5 Å². The van der Waals surface area contributed by atoms with E-state index in [1.165, 1.54) is 11.1 Å². The van der Waals surface area contributed by atoms with Crippen molar-refractivity contribution in [3.63, 3.8) is 0 Å². The number of hydrogen-bond acceptors (Lipinski definition) is 3. The largest absolute Gasteiger partial charge is 0.508 e. The second-order valence-electron chi connectivity index (χ2n) is 4.52. The third kappa shape index (κ3) is 4.39. The first-order chi connectivity index (χ1) is 9.28. The lowest BCUT2D eigenvalue weighted by molar-refractivity contribution is 0.185. The van der Waals surface area contributed by atoms with Crippen LogP contribution in [0.5, 0.6) is 5.75 Å². The first-order valence-corrected chi connectivity index (χ1v) is 6.33. The van der Waals surface area contributed by atoms with Gasteiger partial charge in [-0.3, -0.25) is 0 Å². The van der Waals surface area contributed by atoms with Crippen molar-refractivity contribution in [2.45, 2.75) is 19.7 Å². The molecule has 19 heavy (non-hydrogen) atoms. The zero-order valence-corrected chi connectivity index (χ0v) is 11.1. The van der Waals surface area contributed by atoms with E-state index in [-0.39, 0.29) is 0 Å². The Morgan fingerprint density at radius 1 is 0.947 bits per heavy atom. The van der Waals surface area contributed by atoms with Gasteiger partial charge in [-0.05, 0) is 28.8 Å². The summed E-state index contributed by atoms with van der Waals surface area (Å²) >= 11 is 0. The molecule has 0 atom stereocenters. The maximum absolute atomic E-state index is 9.21. The smallest absolute Gasteiger partial charge is 0.115 e. The van der Waals surface area contributed by atoms with Gasteiger partial charge in [-0.2, -0.15) is 0 Å². The first-order valence-electron chi connectivity index (χ1n) is 6.33. The molecule has 0 radical (unpaired) electrons. The third-order valence-corrected chi connectivity index (χ3v) is 2.90. The predicted molar refractivity (Wildman–Crippen MR) is 75.8 cm³/mol. The molecule has 0 saturated heterocycles. The van der Waals surface area contributed by atoms with Crippen molar-refractivity contribution in [3.8, 4) is 5.75 Å². The molecule has 0 spiro atoms. The average Bonchev–Trinajstić information content (AvgIpc) is 2.42. The van der Waals surface area contributed by atoms with Crippen molar-refractivity contribution in [2.24, 2.45) is 0 Å². The Hall–Kier alpha value is -1.84. The molecule has 2 N–H and O–H groups in total. The average molecular weight is 257 g/mol. The Morgan fingerprint density at radius 3 is 2.37 bits per heavy atom. The molecule has 0 aliphatic carbocycles. The minimum absolute atomic E-state index is 0.302. The van der Waals surface area contributed by atoms with Gasteiger partial charge in [0.05, 0.1) is 6.61 Å². The van der Waals surface area contributed by atoms with Gasteiger partial charge in [-0.1, -0.05) is 36.4 Å². The number of rotatable bonds is 6.